The second-order valence-electron chi connectivity index (χ2n) is 6.27. The summed E-state index contributed by atoms with van der Waals surface area (Å²) in [6.45, 7) is 7.41. The SMILES string of the molecule is Cc1ccc(/C=C/C(=O)NCCCN2CCCC[C@H]2C)cc1. The van der Waals surface area contributed by atoms with Crippen molar-refractivity contribution in [3.05, 3.63) is 41.5 Å². The Morgan fingerprint density at radius 1 is 1.32 bits per heavy atom. The largest absolute Gasteiger partial charge is 0.353 e. The van der Waals surface area contributed by atoms with Gasteiger partial charge in [-0.1, -0.05) is 36.2 Å². The monoisotopic (exact) mass is 300 g/mol. The van der Waals surface area contributed by atoms with Crippen LogP contribution in [0.2, 0.25) is 0 Å². The van der Waals surface area contributed by atoms with Crippen LogP contribution in [-0.4, -0.2) is 36.5 Å². The molecule has 0 spiro atoms. The highest BCUT2D eigenvalue weighted by Gasteiger charge is 2.16. The van der Waals surface area contributed by atoms with Crippen molar-refractivity contribution in [3.8, 4) is 0 Å². The molecule has 1 heterocycles. The molecule has 1 saturated heterocycles. The zero-order chi connectivity index (χ0) is 15.8. The zero-order valence-corrected chi connectivity index (χ0v) is 13.8. The molecule has 1 aromatic rings. The van der Waals surface area contributed by atoms with Crippen LogP contribution in [-0.2, 0) is 4.79 Å². The van der Waals surface area contributed by atoms with Crippen LogP contribution < -0.4 is 5.32 Å². The fraction of sp³-hybridized carbons (Fsp3) is 0.526. The molecule has 1 amide bonds. The standard InChI is InChI=1S/C19H28N2O/c1-16-7-9-18(10-8-16)11-12-19(22)20-13-5-15-21-14-4-3-6-17(21)2/h7-12,17H,3-6,13-15H2,1-2H3,(H,20,22)/b12-11+/t17-/m1/s1. The average Bonchev–Trinajstić information content (AvgIpc) is 2.52. The normalized spacial score (nSPS) is 19.5. The summed E-state index contributed by atoms with van der Waals surface area (Å²) in [7, 11) is 0. The van der Waals surface area contributed by atoms with E-state index >= 15 is 0 Å². The van der Waals surface area contributed by atoms with Crippen molar-refractivity contribution < 1.29 is 4.79 Å². The molecule has 3 nitrogen and oxygen atoms in total. The predicted octanol–water partition coefficient (Wildman–Crippen LogP) is 3.39. The van der Waals surface area contributed by atoms with Gasteiger partial charge in [0.2, 0.25) is 5.91 Å². The van der Waals surface area contributed by atoms with Gasteiger partial charge in [-0.05, 0) is 51.3 Å². The van der Waals surface area contributed by atoms with Crippen molar-refractivity contribution in [3.63, 3.8) is 0 Å². The van der Waals surface area contributed by atoms with E-state index in [2.05, 4.69) is 36.2 Å². The van der Waals surface area contributed by atoms with Gasteiger partial charge in [0.15, 0.2) is 0 Å². The van der Waals surface area contributed by atoms with E-state index in [0.717, 1.165) is 25.1 Å². The first-order valence-electron chi connectivity index (χ1n) is 8.42. The number of rotatable bonds is 6. The number of hydrogen-bond donors (Lipinski definition) is 1. The topological polar surface area (TPSA) is 32.3 Å². The Hall–Kier alpha value is -1.61. The zero-order valence-electron chi connectivity index (χ0n) is 13.8. The summed E-state index contributed by atoms with van der Waals surface area (Å²) < 4.78 is 0. The lowest BCUT2D eigenvalue weighted by Crippen LogP contribution is -2.39. The fourth-order valence-corrected chi connectivity index (χ4v) is 2.89. The van der Waals surface area contributed by atoms with Crippen LogP contribution in [0.3, 0.4) is 0 Å². The van der Waals surface area contributed by atoms with Crippen molar-refractivity contribution in [2.45, 2.75) is 45.6 Å². The first kappa shape index (κ1) is 16.8. The maximum atomic E-state index is 11.8. The Morgan fingerprint density at radius 2 is 2.09 bits per heavy atom. The number of carbonyl (C=O) groups excluding carboxylic acids is 1. The Balaban J connectivity index is 1.64. The van der Waals surface area contributed by atoms with Crippen LogP contribution in [0.1, 0.15) is 43.7 Å². The lowest BCUT2D eigenvalue weighted by molar-refractivity contribution is -0.116. The third kappa shape index (κ3) is 5.64. The number of likely N-dealkylation sites (tertiary alicyclic amines) is 1. The molecule has 1 N–H and O–H groups in total. The van der Waals surface area contributed by atoms with E-state index in [1.807, 2.05) is 18.2 Å². The Kier molecular flexibility index (Phi) is 6.66. The van der Waals surface area contributed by atoms with Gasteiger partial charge < -0.3 is 10.2 Å². The van der Waals surface area contributed by atoms with E-state index in [1.165, 1.54) is 31.4 Å². The summed E-state index contributed by atoms with van der Waals surface area (Å²) >= 11 is 0. The fourth-order valence-electron chi connectivity index (χ4n) is 2.89. The molecule has 22 heavy (non-hydrogen) atoms. The van der Waals surface area contributed by atoms with E-state index in [4.69, 9.17) is 0 Å². The Labute approximate surface area is 134 Å². The van der Waals surface area contributed by atoms with Gasteiger partial charge in [0.05, 0.1) is 0 Å². The minimum absolute atomic E-state index is 0.00716. The molecule has 0 unspecified atom stereocenters. The van der Waals surface area contributed by atoms with Gasteiger partial charge in [-0.3, -0.25) is 4.79 Å². The first-order valence-corrected chi connectivity index (χ1v) is 8.42. The van der Waals surface area contributed by atoms with Gasteiger partial charge in [0.25, 0.3) is 0 Å². The number of carbonyl (C=O) groups is 1. The summed E-state index contributed by atoms with van der Waals surface area (Å²) in [5.41, 5.74) is 2.29. The summed E-state index contributed by atoms with van der Waals surface area (Å²) in [4.78, 5) is 14.3. The van der Waals surface area contributed by atoms with E-state index in [-0.39, 0.29) is 5.91 Å². The van der Waals surface area contributed by atoms with E-state index < -0.39 is 0 Å². The van der Waals surface area contributed by atoms with Gasteiger partial charge in [-0.15, -0.1) is 0 Å². The second-order valence-corrected chi connectivity index (χ2v) is 6.27. The highest BCUT2D eigenvalue weighted by Crippen LogP contribution is 2.16. The van der Waals surface area contributed by atoms with Gasteiger partial charge in [-0.25, -0.2) is 0 Å². The Bertz CT molecular complexity index is 493. The van der Waals surface area contributed by atoms with Crippen LogP contribution in [0.15, 0.2) is 30.3 Å². The molecular weight excluding hydrogens is 272 g/mol. The molecule has 1 aliphatic heterocycles. The number of nitrogens with zero attached hydrogens (tertiary/aromatic N) is 1. The van der Waals surface area contributed by atoms with Crippen LogP contribution >= 0.6 is 0 Å². The molecule has 0 radical (unpaired) electrons. The minimum Gasteiger partial charge on any atom is -0.353 e. The van der Waals surface area contributed by atoms with Gasteiger partial charge in [0.1, 0.15) is 0 Å². The Morgan fingerprint density at radius 3 is 2.82 bits per heavy atom. The lowest BCUT2D eigenvalue weighted by Gasteiger charge is -2.33. The van der Waals surface area contributed by atoms with Crippen molar-refractivity contribution >= 4 is 12.0 Å². The number of benzene rings is 1. The van der Waals surface area contributed by atoms with Gasteiger partial charge in [-0.2, -0.15) is 0 Å². The number of nitrogens with one attached hydrogen (secondary N) is 1. The highest BCUT2D eigenvalue weighted by molar-refractivity contribution is 5.91. The first-order chi connectivity index (χ1) is 10.6. The van der Waals surface area contributed by atoms with Crippen LogP contribution in [0, 0.1) is 6.92 Å². The van der Waals surface area contributed by atoms with E-state index in [0.29, 0.717) is 6.04 Å². The molecule has 0 aromatic heterocycles. The molecule has 1 aromatic carbocycles. The molecular formula is C19H28N2O. The maximum absolute atomic E-state index is 11.8. The highest BCUT2D eigenvalue weighted by atomic mass is 16.1. The number of piperidine rings is 1. The lowest BCUT2D eigenvalue weighted by atomic mass is 10.0. The molecule has 120 valence electrons. The smallest absolute Gasteiger partial charge is 0.243 e. The summed E-state index contributed by atoms with van der Waals surface area (Å²) in [6.07, 6.45) is 8.49. The van der Waals surface area contributed by atoms with Crippen LogP contribution in [0.25, 0.3) is 6.08 Å². The molecule has 0 saturated carbocycles. The second kappa shape index (κ2) is 8.74. The summed E-state index contributed by atoms with van der Waals surface area (Å²) in [6, 6.07) is 8.86. The average molecular weight is 300 g/mol. The molecule has 0 bridgehead atoms. The van der Waals surface area contributed by atoms with Crippen molar-refractivity contribution in [2.75, 3.05) is 19.6 Å². The van der Waals surface area contributed by atoms with Crippen molar-refractivity contribution in [1.29, 1.82) is 0 Å². The number of hydrogen-bond acceptors (Lipinski definition) is 2. The summed E-state index contributed by atoms with van der Waals surface area (Å²) in [5.74, 6) is -0.00716. The summed E-state index contributed by atoms with van der Waals surface area (Å²) in [5, 5.41) is 2.97. The third-order valence-corrected chi connectivity index (χ3v) is 4.37. The number of aryl methyl sites for hydroxylation is 1. The molecule has 0 aliphatic carbocycles. The molecule has 2 rings (SSSR count). The predicted molar refractivity (Wildman–Crippen MR) is 92.7 cm³/mol. The molecule has 1 aliphatic rings. The van der Waals surface area contributed by atoms with Crippen LogP contribution in [0.4, 0.5) is 0 Å². The molecule has 1 atom stereocenters. The van der Waals surface area contributed by atoms with Gasteiger partial charge in [0, 0.05) is 25.2 Å². The van der Waals surface area contributed by atoms with Gasteiger partial charge >= 0.3 is 0 Å². The number of amides is 1. The van der Waals surface area contributed by atoms with Crippen molar-refractivity contribution in [2.24, 2.45) is 0 Å². The molecule has 3 heteroatoms. The van der Waals surface area contributed by atoms with Crippen LogP contribution in [0.5, 0.6) is 0 Å². The maximum Gasteiger partial charge on any atom is 0.243 e. The van der Waals surface area contributed by atoms with E-state index in [9.17, 15) is 4.79 Å². The van der Waals surface area contributed by atoms with Crippen molar-refractivity contribution in [1.82, 2.24) is 10.2 Å². The molecule has 1 fully saturated rings. The van der Waals surface area contributed by atoms with E-state index in [1.54, 1.807) is 6.08 Å². The third-order valence-electron chi connectivity index (χ3n) is 4.37. The minimum atomic E-state index is -0.00716. The quantitative estimate of drug-likeness (QED) is 0.645.